The van der Waals surface area contributed by atoms with Gasteiger partial charge in [-0.25, -0.2) is 15.0 Å². The van der Waals surface area contributed by atoms with Gasteiger partial charge in [0.15, 0.2) is 5.16 Å². The smallest absolute Gasteiger partial charge is 0.433 e. The number of rotatable bonds is 5. The van der Waals surface area contributed by atoms with Gasteiger partial charge in [-0.1, -0.05) is 17.8 Å². The molecule has 0 aliphatic carbocycles. The molecule has 3 aromatic heterocycles. The van der Waals surface area contributed by atoms with Gasteiger partial charge in [-0.2, -0.15) is 18.3 Å². The summed E-state index contributed by atoms with van der Waals surface area (Å²) in [6.07, 6.45) is -1.53. The maximum absolute atomic E-state index is 12.8. The van der Waals surface area contributed by atoms with Crippen molar-refractivity contribution >= 4 is 34.7 Å². The minimum atomic E-state index is -4.57. The van der Waals surface area contributed by atoms with E-state index in [1.54, 1.807) is 12.1 Å². The number of thioether (sulfide) groups is 1. The first-order valence-corrected chi connectivity index (χ1v) is 10.3. The fourth-order valence-electron chi connectivity index (χ4n) is 2.80. The van der Waals surface area contributed by atoms with E-state index in [0.717, 1.165) is 34.6 Å². The lowest BCUT2D eigenvalue weighted by Crippen LogP contribution is -2.28. The van der Waals surface area contributed by atoms with Crippen LogP contribution in [0.1, 0.15) is 28.8 Å². The quantitative estimate of drug-likeness (QED) is 0.429. The van der Waals surface area contributed by atoms with E-state index < -0.39 is 17.9 Å². The molecule has 0 bridgehead atoms. The van der Waals surface area contributed by atoms with E-state index in [1.165, 1.54) is 22.6 Å². The normalized spacial score (nSPS) is 16.9. The van der Waals surface area contributed by atoms with Gasteiger partial charge in [0.05, 0.1) is 22.6 Å². The Balaban J connectivity index is 1.51. The molecule has 1 atom stereocenters. The number of halogens is 3. The lowest BCUT2D eigenvalue weighted by Gasteiger charge is -2.19. The number of thiophene rings is 1. The summed E-state index contributed by atoms with van der Waals surface area (Å²) in [4.78, 5) is 21.0. The Kier molecular flexibility index (Phi) is 5.41. The van der Waals surface area contributed by atoms with Crippen LogP contribution in [-0.2, 0) is 11.0 Å². The minimum absolute atomic E-state index is 0.121. The lowest BCUT2D eigenvalue weighted by atomic mass is 10.1. The minimum Gasteiger partial charge on any atom is -0.467 e. The van der Waals surface area contributed by atoms with E-state index in [0.29, 0.717) is 12.2 Å². The molecule has 29 heavy (non-hydrogen) atoms. The van der Waals surface area contributed by atoms with Crippen LogP contribution in [0.4, 0.5) is 13.2 Å². The van der Waals surface area contributed by atoms with Gasteiger partial charge in [0.25, 0.3) is 5.91 Å². The Morgan fingerprint density at radius 2 is 2.17 bits per heavy atom. The van der Waals surface area contributed by atoms with Crippen molar-refractivity contribution < 1.29 is 22.4 Å². The van der Waals surface area contributed by atoms with Crippen molar-refractivity contribution in [2.75, 3.05) is 5.75 Å². The highest BCUT2D eigenvalue weighted by atomic mass is 32.2. The molecule has 4 rings (SSSR count). The molecule has 11 heteroatoms. The van der Waals surface area contributed by atoms with Crippen LogP contribution in [0.15, 0.2) is 62.8 Å². The number of hydrogen-bond donors (Lipinski definition) is 0. The number of amides is 1. The van der Waals surface area contributed by atoms with Crippen LogP contribution in [-0.4, -0.2) is 32.3 Å². The molecule has 0 N–H and O–H groups in total. The van der Waals surface area contributed by atoms with Gasteiger partial charge in [-0.05, 0) is 29.6 Å². The second kappa shape index (κ2) is 7.99. The predicted molar refractivity (Wildman–Crippen MR) is 102 cm³/mol. The van der Waals surface area contributed by atoms with E-state index in [-0.39, 0.29) is 16.8 Å². The van der Waals surface area contributed by atoms with Crippen LogP contribution in [0.5, 0.6) is 0 Å². The lowest BCUT2D eigenvalue weighted by molar-refractivity contribution is -0.141. The van der Waals surface area contributed by atoms with Crippen molar-refractivity contribution in [3.05, 3.63) is 64.5 Å². The van der Waals surface area contributed by atoms with Gasteiger partial charge in [-0.3, -0.25) is 4.79 Å². The third-order valence-corrected chi connectivity index (χ3v) is 5.86. The number of carbonyl (C=O) groups excluding carboxylic acids is 1. The van der Waals surface area contributed by atoms with Crippen LogP contribution in [0.3, 0.4) is 0 Å². The summed E-state index contributed by atoms with van der Waals surface area (Å²) in [5.74, 6) is 0.0673. The summed E-state index contributed by atoms with van der Waals surface area (Å²) >= 11 is 2.35. The molecule has 1 amide bonds. The maximum Gasteiger partial charge on any atom is 0.433 e. The highest BCUT2D eigenvalue weighted by Gasteiger charge is 2.36. The van der Waals surface area contributed by atoms with E-state index in [1.807, 2.05) is 17.5 Å². The maximum atomic E-state index is 12.8. The molecular formula is C18H13F3N4O2S2. The molecule has 0 saturated heterocycles. The number of alkyl halides is 3. The molecular weight excluding hydrogens is 425 g/mol. The topological polar surface area (TPSA) is 71.6 Å². The summed E-state index contributed by atoms with van der Waals surface area (Å²) in [7, 11) is 0. The zero-order chi connectivity index (χ0) is 20.4. The molecule has 1 aliphatic heterocycles. The molecule has 0 fully saturated rings. The van der Waals surface area contributed by atoms with Crippen molar-refractivity contribution in [2.45, 2.75) is 23.8 Å². The third kappa shape index (κ3) is 4.35. The van der Waals surface area contributed by atoms with Crippen molar-refractivity contribution in [3.8, 4) is 0 Å². The number of nitrogens with zero attached hydrogens (tertiary/aromatic N) is 4. The Morgan fingerprint density at radius 1 is 1.31 bits per heavy atom. The first-order chi connectivity index (χ1) is 13.9. The van der Waals surface area contributed by atoms with E-state index in [2.05, 4.69) is 15.1 Å². The molecule has 0 radical (unpaired) electrons. The zero-order valence-corrected chi connectivity index (χ0v) is 16.3. The predicted octanol–water partition coefficient (Wildman–Crippen LogP) is 4.62. The van der Waals surface area contributed by atoms with E-state index >= 15 is 0 Å². The first-order valence-electron chi connectivity index (χ1n) is 8.41. The molecule has 150 valence electrons. The second-order valence-electron chi connectivity index (χ2n) is 6.01. The monoisotopic (exact) mass is 438 g/mol. The van der Waals surface area contributed by atoms with Gasteiger partial charge >= 0.3 is 6.18 Å². The average Bonchev–Trinajstić information content (AvgIpc) is 3.46. The Hall–Kier alpha value is -2.66. The zero-order valence-electron chi connectivity index (χ0n) is 14.7. The molecule has 0 aromatic carbocycles. The summed E-state index contributed by atoms with van der Waals surface area (Å²) in [5.41, 5.74) is -0.287. The van der Waals surface area contributed by atoms with Gasteiger partial charge < -0.3 is 4.42 Å². The molecule has 4 heterocycles. The fourth-order valence-corrected chi connectivity index (χ4v) is 4.20. The standard InChI is InChI=1S/C18H13F3N4O2S2/c19-18(20,21)15-5-6-22-17(23-15)29-10-16(26)25-12(13-3-1-7-27-13)9-11(24-25)14-4-2-8-28-14/h1-8,12H,9-10H2/t12-/m0/s1. The summed E-state index contributed by atoms with van der Waals surface area (Å²) in [6.45, 7) is 0. The van der Waals surface area contributed by atoms with Crippen LogP contribution in [0.25, 0.3) is 0 Å². The number of carbonyl (C=O) groups is 1. The largest absolute Gasteiger partial charge is 0.467 e. The van der Waals surface area contributed by atoms with Crippen LogP contribution in [0, 0.1) is 0 Å². The highest BCUT2D eigenvalue weighted by Crippen LogP contribution is 2.35. The van der Waals surface area contributed by atoms with E-state index in [9.17, 15) is 18.0 Å². The first kappa shape index (κ1) is 19.6. The third-order valence-electron chi connectivity index (χ3n) is 4.09. The van der Waals surface area contributed by atoms with Crippen molar-refractivity contribution in [2.24, 2.45) is 5.10 Å². The Bertz CT molecular complexity index is 1020. The van der Waals surface area contributed by atoms with Gasteiger partial charge in [0.2, 0.25) is 0 Å². The van der Waals surface area contributed by atoms with Crippen LogP contribution < -0.4 is 0 Å². The average molecular weight is 438 g/mol. The summed E-state index contributed by atoms with van der Waals surface area (Å²) in [6, 6.07) is 7.69. The number of furan rings is 1. The number of hydrogen-bond acceptors (Lipinski definition) is 7. The molecule has 0 unspecified atom stereocenters. The molecule has 0 saturated carbocycles. The Labute approximate surface area is 171 Å². The SMILES string of the molecule is O=C(CSc1nccc(C(F)(F)F)n1)N1N=C(c2cccs2)C[C@H]1c1ccco1. The highest BCUT2D eigenvalue weighted by molar-refractivity contribution is 7.99. The fraction of sp³-hybridized carbons (Fsp3) is 0.222. The number of hydrazone groups is 1. The van der Waals surface area contributed by atoms with Gasteiger partial charge in [0, 0.05) is 12.6 Å². The number of aromatic nitrogens is 2. The summed E-state index contributed by atoms with van der Waals surface area (Å²) < 4.78 is 43.8. The van der Waals surface area contributed by atoms with Crippen LogP contribution in [0.2, 0.25) is 0 Å². The molecule has 3 aromatic rings. The van der Waals surface area contributed by atoms with Crippen molar-refractivity contribution in [1.82, 2.24) is 15.0 Å². The van der Waals surface area contributed by atoms with E-state index in [4.69, 9.17) is 4.42 Å². The van der Waals surface area contributed by atoms with Crippen molar-refractivity contribution in [1.29, 1.82) is 0 Å². The van der Waals surface area contributed by atoms with Crippen LogP contribution >= 0.6 is 23.1 Å². The molecule has 0 spiro atoms. The second-order valence-corrected chi connectivity index (χ2v) is 7.90. The van der Waals surface area contributed by atoms with Crippen molar-refractivity contribution in [3.63, 3.8) is 0 Å². The Morgan fingerprint density at radius 3 is 2.86 bits per heavy atom. The summed E-state index contributed by atoms with van der Waals surface area (Å²) in [5, 5.41) is 7.58. The molecule has 6 nitrogen and oxygen atoms in total. The van der Waals surface area contributed by atoms with Gasteiger partial charge in [0.1, 0.15) is 17.5 Å². The molecule has 1 aliphatic rings. The van der Waals surface area contributed by atoms with Gasteiger partial charge in [-0.15, -0.1) is 11.3 Å².